The van der Waals surface area contributed by atoms with Gasteiger partial charge >= 0.3 is 6.03 Å². The number of carbonyl (C=O) groups is 3. The van der Waals surface area contributed by atoms with E-state index >= 15 is 0 Å². The van der Waals surface area contributed by atoms with E-state index in [1.807, 2.05) is 36.9 Å². The fourth-order valence-electron chi connectivity index (χ4n) is 4.91. The number of amides is 4. The molecule has 2 aliphatic rings. The molecule has 1 aromatic carbocycles. The Hall–Kier alpha value is -3.11. The Morgan fingerprint density at radius 2 is 1.86 bits per heavy atom. The molecule has 0 aliphatic carbocycles. The predicted octanol–water partition coefficient (Wildman–Crippen LogP) is 3.77. The van der Waals surface area contributed by atoms with Crippen molar-refractivity contribution >= 4 is 39.9 Å². The van der Waals surface area contributed by atoms with Crippen LogP contribution in [0.4, 0.5) is 15.5 Å². The fourth-order valence-corrected chi connectivity index (χ4v) is 6.25. The van der Waals surface area contributed by atoms with Gasteiger partial charge in [0.2, 0.25) is 0 Å². The molecule has 4 rings (SSSR count). The third-order valence-corrected chi connectivity index (χ3v) is 8.30. The third kappa shape index (κ3) is 4.32. The van der Waals surface area contributed by atoms with Crippen molar-refractivity contribution in [2.24, 2.45) is 0 Å². The summed E-state index contributed by atoms with van der Waals surface area (Å²) in [4.78, 5) is 47.1. The number of ether oxygens (including phenoxy) is 1. The van der Waals surface area contributed by atoms with Gasteiger partial charge in [-0.3, -0.25) is 14.9 Å². The number of thiophene rings is 1. The number of methoxy groups -OCH3 is 1. The van der Waals surface area contributed by atoms with E-state index in [0.717, 1.165) is 17.0 Å². The van der Waals surface area contributed by atoms with Gasteiger partial charge in [0.1, 0.15) is 16.3 Å². The van der Waals surface area contributed by atoms with E-state index < -0.39 is 11.6 Å². The van der Waals surface area contributed by atoms with Gasteiger partial charge in [-0.2, -0.15) is 0 Å². The summed E-state index contributed by atoms with van der Waals surface area (Å²) in [5.41, 5.74) is 0.223. The summed E-state index contributed by atoms with van der Waals surface area (Å²) in [5.74, 6) is 0.243. The molecule has 0 spiro atoms. The van der Waals surface area contributed by atoms with Crippen molar-refractivity contribution in [2.45, 2.75) is 38.6 Å². The molecule has 3 heterocycles. The van der Waals surface area contributed by atoms with E-state index in [1.165, 1.54) is 18.4 Å². The van der Waals surface area contributed by atoms with Gasteiger partial charge in [-0.15, -0.1) is 11.3 Å². The van der Waals surface area contributed by atoms with Crippen molar-refractivity contribution in [3.05, 3.63) is 40.3 Å². The summed E-state index contributed by atoms with van der Waals surface area (Å²) in [6, 6.07) is 6.63. The Labute approximate surface area is 216 Å². The van der Waals surface area contributed by atoms with Gasteiger partial charge in [-0.05, 0) is 38.6 Å². The van der Waals surface area contributed by atoms with Crippen molar-refractivity contribution in [2.75, 3.05) is 58.0 Å². The molecule has 10 heteroatoms. The van der Waals surface area contributed by atoms with Crippen LogP contribution in [0.25, 0.3) is 0 Å². The largest absolute Gasteiger partial charge is 0.495 e. The Bertz CT molecular complexity index is 1200. The average Bonchev–Trinajstić information content (AvgIpc) is 3.29. The maximum Gasteiger partial charge on any atom is 0.324 e. The topological polar surface area (TPSA) is 94.2 Å². The zero-order chi connectivity index (χ0) is 26.4. The van der Waals surface area contributed by atoms with E-state index in [0.29, 0.717) is 41.6 Å². The van der Waals surface area contributed by atoms with Gasteiger partial charge in [0.25, 0.3) is 11.8 Å². The van der Waals surface area contributed by atoms with Crippen LogP contribution in [-0.2, 0) is 15.7 Å². The molecule has 4 amide bonds. The first-order valence-electron chi connectivity index (χ1n) is 12.0. The van der Waals surface area contributed by atoms with Crippen LogP contribution in [0.15, 0.2) is 24.3 Å². The molecule has 2 N–H and O–H groups in total. The second-order valence-corrected chi connectivity index (χ2v) is 11.7. The first kappa shape index (κ1) is 26.0. The number of hydrogen-bond donors (Lipinski definition) is 2. The van der Waals surface area contributed by atoms with E-state index in [9.17, 15) is 14.4 Å². The first-order valence-corrected chi connectivity index (χ1v) is 12.9. The summed E-state index contributed by atoms with van der Waals surface area (Å²) in [6.07, 6.45) is 0. The number of carbonyl (C=O) groups excluding carboxylic acids is 3. The lowest BCUT2D eigenvalue weighted by Crippen LogP contribution is -2.62. The highest BCUT2D eigenvalue weighted by atomic mass is 32.1. The molecule has 1 saturated heterocycles. The van der Waals surface area contributed by atoms with Crippen molar-refractivity contribution in [3.63, 3.8) is 0 Å². The first-order chi connectivity index (χ1) is 16.9. The molecule has 36 heavy (non-hydrogen) atoms. The van der Waals surface area contributed by atoms with Crippen LogP contribution in [0.2, 0.25) is 0 Å². The molecule has 2 aromatic rings. The average molecular weight is 514 g/mol. The molecule has 1 atom stereocenters. The lowest BCUT2D eigenvalue weighted by Gasteiger charge is -2.45. The monoisotopic (exact) mass is 513 g/mol. The Kier molecular flexibility index (Phi) is 6.78. The van der Waals surface area contributed by atoms with E-state index in [1.54, 1.807) is 23.1 Å². The van der Waals surface area contributed by atoms with Crippen LogP contribution >= 0.6 is 11.3 Å². The maximum absolute atomic E-state index is 13.9. The molecular weight excluding hydrogens is 478 g/mol. The second-order valence-electron chi connectivity index (χ2n) is 10.7. The molecule has 9 nitrogen and oxygen atoms in total. The van der Waals surface area contributed by atoms with Crippen molar-refractivity contribution < 1.29 is 19.1 Å². The van der Waals surface area contributed by atoms with Crippen LogP contribution in [0, 0.1) is 0 Å². The third-order valence-electron chi connectivity index (χ3n) is 6.77. The van der Waals surface area contributed by atoms with Crippen LogP contribution in [0.3, 0.4) is 0 Å². The van der Waals surface area contributed by atoms with Gasteiger partial charge in [0, 0.05) is 36.6 Å². The van der Waals surface area contributed by atoms with Gasteiger partial charge in [-0.25, -0.2) is 4.79 Å². The highest BCUT2D eigenvalue weighted by Gasteiger charge is 2.59. The highest BCUT2D eigenvalue weighted by molar-refractivity contribution is 7.17. The molecular formula is C26H35N5O4S. The Morgan fingerprint density at radius 3 is 2.50 bits per heavy atom. The van der Waals surface area contributed by atoms with Gasteiger partial charge < -0.3 is 24.8 Å². The second kappa shape index (κ2) is 9.40. The predicted molar refractivity (Wildman–Crippen MR) is 142 cm³/mol. The number of likely N-dealkylation sites (N-methyl/N-ethyl adjacent to an activating group) is 1. The van der Waals surface area contributed by atoms with Gasteiger partial charge in [0.05, 0.1) is 18.4 Å². The number of fused-ring (bicyclic) bond motifs is 3. The number of hydrogen-bond acceptors (Lipinski definition) is 6. The SMILES string of the molecule is COc1ccccc1NC(=O)Nc1sc(C(C)(C)C)c2c1C(=O)N1CCN(CCN(C)C)C(=O)C21C. The highest BCUT2D eigenvalue weighted by Crippen LogP contribution is 2.53. The van der Waals surface area contributed by atoms with Crippen LogP contribution < -0.4 is 15.4 Å². The minimum atomic E-state index is -1.10. The number of piperazine rings is 1. The Morgan fingerprint density at radius 1 is 1.17 bits per heavy atom. The smallest absolute Gasteiger partial charge is 0.324 e. The summed E-state index contributed by atoms with van der Waals surface area (Å²) < 4.78 is 5.32. The number of rotatable bonds is 6. The van der Waals surface area contributed by atoms with Gasteiger partial charge in [0.15, 0.2) is 0 Å². The summed E-state index contributed by atoms with van der Waals surface area (Å²) in [6.45, 7) is 10.3. The van der Waals surface area contributed by atoms with Crippen molar-refractivity contribution in [3.8, 4) is 5.75 Å². The lowest BCUT2D eigenvalue weighted by atomic mass is 9.82. The molecule has 0 bridgehead atoms. The molecule has 0 saturated carbocycles. The molecule has 0 radical (unpaired) electrons. The molecule has 194 valence electrons. The standard InChI is InChI=1S/C26H35N5O4S/c1-25(2,3)20-19-18(21(36-20)28-24(34)27-16-10-8-9-11-17(16)35-7)22(32)31-15-14-30(13-12-29(5)6)23(33)26(19,31)4/h8-11H,12-15H2,1-7H3,(H2,27,28,34). The molecule has 1 fully saturated rings. The number of urea groups is 1. The maximum atomic E-state index is 13.9. The summed E-state index contributed by atoms with van der Waals surface area (Å²) in [7, 11) is 5.49. The zero-order valence-corrected chi connectivity index (χ0v) is 22.8. The fraction of sp³-hybridized carbons (Fsp3) is 0.500. The molecule has 1 aromatic heterocycles. The van der Waals surface area contributed by atoms with E-state index in [2.05, 4.69) is 31.4 Å². The minimum absolute atomic E-state index is 0.0731. The number of benzene rings is 1. The van der Waals surface area contributed by atoms with Crippen molar-refractivity contribution in [1.29, 1.82) is 0 Å². The lowest BCUT2D eigenvalue weighted by molar-refractivity contribution is -0.147. The summed E-state index contributed by atoms with van der Waals surface area (Å²) >= 11 is 1.37. The Balaban J connectivity index is 1.72. The van der Waals surface area contributed by atoms with E-state index in [4.69, 9.17) is 4.74 Å². The summed E-state index contributed by atoms with van der Waals surface area (Å²) in [5, 5.41) is 6.15. The van der Waals surface area contributed by atoms with E-state index in [-0.39, 0.29) is 17.2 Å². The van der Waals surface area contributed by atoms with Gasteiger partial charge in [-0.1, -0.05) is 32.9 Å². The molecule has 2 aliphatic heterocycles. The minimum Gasteiger partial charge on any atom is -0.495 e. The quantitative estimate of drug-likeness (QED) is 0.613. The number of anilines is 2. The number of para-hydroxylation sites is 2. The van der Waals surface area contributed by atoms with Crippen LogP contribution in [-0.4, -0.2) is 79.9 Å². The molecule has 1 unspecified atom stereocenters. The van der Waals surface area contributed by atoms with Crippen LogP contribution in [0.1, 0.15) is 48.5 Å². The normalized spacial score (nSPS) is 19.4. The number of nitrogens with zero attached hydrogens (tertiary/aromatic N) is 3. The zero-order valence-electron chi connectivity index (χ0n) is 22.0. The number of nitrogens with one attached hydrogen (secondary N) is 2. The van der Waals surface area contributed by atoms with Crippen LogP contribution in [0.5, 0.6) is 5.75 Å². The van der Waals surface area contributed by atoms with Crippen molar-refractivity contribution in [1.82, 2.24) is 14.7 Å².